The fourth-order valence-corrected chi connectivity index (χ4v) is 9.93. The average Bonchev–Trinajstić information content (AvgIpc) is 3.77. The van der Waals surface area contributed by atoms with Crippen LogP contribution in [0.2, 0.25) is 0 Å². The zero-order chi connectivity index (χ0) is 35.3. The molecule has 0 unspecified atom stereocenters. The van der Waals surface area contributed by atoms with Gasteiger partial charge in [0, 0.05) is 22.5 Å². The second kappa shape index (κ2) is 11.0. The van der Waals surface area contributed by atoms with E-state index >= 15 is 0 Å². The van der Waals surface area contributed by atoms with Crippen LogP contribution in [0.3, 0.4) is 0 Å². The molecular weight excluding hydrogens is 639 g/mol. The van der Waals surface area contributed by atoms with E-state index in [2.05, 4.69) is 207 Å². The van der Waals surface area contributed by atoms with Crippen molar-refractivity contribution in [3.63, 3.8) is 0 Å². The number of hydrogen-bond acceptors (Lipinski definition) is 1. The molecule has 53 heavy (non-hydrogen) atoms. The highest BCUT2D eigenvalue weighted by molar-refractivity contribution is 5.96. The summed E-state index contributed by atoms with van der Waals surface area (Å²) in [5, 5.41) is 0. The maximum atomic E-state index is 2.47. The number of benzene rings is 8. The summed E-state index contributed by atoms with van der Waals surface area (Å²) >= 11 is 0. The lowest BCUT2D eigenvalue weighted by Gasteiger charge is -2.30. The first-order valence-corrected chi connectivity index (χ1v) is 18.7. The van der Waals surface area contributed by atoms with Crippen LogP contribution in [0.1, 0.15) is 47.2 Å². The molecule has 1 heteroatoms. The third-order valence-electron chi connectivity index (χ3n) is 12.3. The lowest BCUT2D eigenvalue weighted by Crippen LogP contribution is -2.25. The first kappa shape index (κ1) is 30.2. The summed E-state index contributed by atoms with van der Waals surface area (Å²) in [4.78, 5) is 2.39. The highest BCUT2D eigenvalue weighted by Crippen LogP contribution is 2.63. The van der Waals surface area contributed by atoms with Crippen LogP contribution in [0.25, 0.3) is 44.5 Å². The molecule has 3 aliphatic rings. The van der Waals surface area contributed by atoms with Crippen molar-refractivity contribution in [2.24, 2.45) is 0 Å². The Labute approximate surface area is 311 Å². The molecule has 0 saturated carbocycles. The minimum Gasteiger partial charge on any atom is -0.310 e. The first-order chi connectivity index (χ1) is 26.0. The van der Waals surface area contributed by atoms with E-state index in [1.165, 1.54) is 83.6 Å². The number of hydrogen-bond donors (Lipinski definition) is 0. The van der Waals surface area contributed by atoms with Crippen molar-refractivity contribution in [1.82, 2.24) is 0 Å². The van der Waals surface area contributed by atoms with Gasteiger partial charge in [-0.1, -0.05) is 159 Å². The van der Waals surface area contributed by atoms with E-state index in [4.69, 9.17) is 0 Å². The van der Waals surface area contributed by atoms with Crippen LogP contribution in [0.15, 0.2) is 188 Å². The lowest BCUT2D eigenvalue weighted by atomic mass is 9.70. The third kappa shape index (κ3) is 4.08. The van der Waals surface area contributed by atoms with E-state index in [-0.39, 0.29) is 10.8 Å². The lowest BCUT2D eigenvalue weighted by molar-refractivity contribution is 0.660. The van der Waals surface area contributed by atoms with E-state index < -0.39 is 0 Å². The van der Waals surface area contributed by atoms with Gasteiger partial charge >= 0.3 is 0 Å². The SMILES string of the molecule is CC1(C)c2ccccc2-c2ccc(N(c3ccccc3)c3ccc(-c4ccc5c(c4)C4(c6ccccc6-c6ccccc64)c4ccccc4-5)cc3)cc21. The Morgan fingerprint density at radius 1 is 0.302 bits per heavy atom. The predicted molar refractivity (Wildman–Crippen MR) is 220 cm³/mol. The van der Waals surface area contributed by atoms with E-state index in [9.17, 15) is 0 Å². The van der Waals surface area contributed by atoms with Crippen LogP contribution in [-0.4, -0.2) is 0 Å². The molecule has 0 aliphatic heterocycles. The molecule has 0 aromatic heterocycles. The van der Waals surface area contributed by atoms with Crippen LogP contribution in [-0.2, 0) is 10.8 Å². The summed E-state index contributed by atoms with van der Waals surface area (Å²) in [5.41, 5.74) is 21.7. The fraction of sp³-hybridized carbons (Fsp3) is 0.0769. The van der Waals surface area contributed by atoms with Crippen LogP contribution < -0.4 is 4.90 Å². The van der Waals surface area contributed by atoms with Crippen molar-refractivity contribution in [3.05, 3.63) is 221 Å². The van der Waals surface area contributed by atoms with Crippen LogP contribution in [0, 0.1) is 0 Å². The molecule has 11 rings (SSSR count). The molecule has 0 atom stereocenters. The normalized spacial score (nSPS) is 14.5. The molecule has 0 radical (unpaired) electrons. The van der Waals surface area contributed by atoms with E-state index in [0.717, 1.165) is 11.4 Å². The molecule has 1 nitrogen and oxygen atoms in total. The molecule has 0 fully saturated rings. The standard InChI is InChI=1S/C52H37N/c1-51(2)45-20-10-6-16-39(45)43-31-29-38(33-49(43)51)53(36-14-4-3-5-15-36)37-27-24-34(25-28-37)35-26-30-44-42-19-9-13-23-48(42)52(50(44)32-35)46-21-11-7-17-40(46)41-18-8-12-22-47(41)52/h3-33H,1-2H3. The number of rotatable bonds is 4. The van der Waals surface area contributed by atoms with Gasteiger partial charge in [-0.05, 0) is 120 Å². The summed E-state index contributed by atoms with van der Waals surface area (Å²) in [7, 11) is 0. The zero-order valence-electron chi connectivity index (χ0n) is 29.8. The van der Waals surface area contributed by atoms with Crippen molar-refractivity contribution in [2.75, 3.05) is 4.90 Å². The molecule has 1 spiro atoms. The number of fused-ring (bicyclic) bond motifs is 13. The molecule has 0 bridgehead atoms. The number of anilines is 3. The van der Waals surface area contributed by atoms with Gasteiger partial charge in [-0.3, -0.25) is 0 Å². The Balaban J connectivity index is 1.04. The largest absolute Gasteiger partial charge is 0.310 e. The molecule has 0 amide bonds. The topological polar surface area (TPSA) is 3.24 Å². The van der Waals surface area contributed by atoms with Gasteiger partial charge < -0.3 is 4.90 Å². The van der Waals surface area contributed by atoms with E-state index in [0.29, 0.717) is 0 Å². The van der Waals surface area contributed by atoms with Crippen LogP contribution in [0.5, 0.6) is 0 Å². The first-order valence-electron chi connectivity index (χ1n) is 18.7. The second-order valence-corrected chi connectivity index (χ2v) is 15.3. The highest BCUT2D eigenvalue weighted by Gasteiger charge is 2.51. The molecular formula is C52H37N. The van der Waals surface area contributed by atoms with Crippen molar-refractivity contribution >= 4 is 17.1 Å². The van der Waals surface area contributed by atoms with Crippen LogP contribution >= 0.6 is 0 Å². The molecule has 250 valence electrons. The van der Waals surface area contributed by atoms with Gasteiger partial charge in [-0.2, -0.15) is 0 Å². The van der Waals surface area contributed by atoms with Gasteiger partial charge in [0.25, 0.3) is 0 Å². The average molecular weight is 676 g/mol. The molecule has 8 aromatic carbocycles. The molecule has 8 aromatic rings. The maximum absolute atomic E-state index is 2.47. The number of nitrogens with zero attached hydrogens (tertiary/aromatic N) is 1. The second-order valence-electron chi connectivity index (χ2n) is 15.3. The molecule has 3 aliphatic carbocycles. The quantitative estimate of drug-likeness (QED) is 0.179. The van der Waals surface area contributed by atoms with Crippen molar-refractivity contribution in [3.8, 4) is 44.5 Å². The Morgan fingerprint density at radius 2 is 0.717 bits per heavy atom. The summed E-state index contributed by atoms with van der Waals surface area (Å²) in [6, 6.07) is 70.0. The Hall–Kier alpha value is -6.44. The maximum Gasteiger partial charge on any atom is 0.0725 e. The van der Waals surface area contributed by atoms with Crippen LogP contribution in [0.4, 0.5) is 17.1 Å². The molecule has 0 saturated heterocycles. The molecule has 0 N–H and O–H groups in total. The zero-order valence-corrected chi connectivity index (χ0v) is 29.8. The van der Waals surface area contributed by atoms with E-state index in [1.54, 1.807) is 0 Å². The van der Waals surface area contributed by atoms with Gasteiger partial charge in [0.1, 0.15) is 0 Å². The van der Waals surface area contributed by atoms with E-state index in [1.807, 2.05) is 0 Å². The van der Waals surface area contributed by atoms with Gasteiger partial charge in [0.2, 0.25) is 0 Å². The summed E-state index contributed by atoms with van der Waals surface area (Å²) in [5.74, 6) is 0. The van der Waals surface area contributed by atoms with Crippen molar-refractivity contribution in [1.29, 1.82) is 0 Å². The smallest absolute Gasteiger partial charge is 0.0725 e. The summed E-state index contributed by atoms with van der Waals surface area (Å²) in [6.07, 6.45) is 0. The Bertz CT molecular complexity index is 2690. The van der Waals surface area contributed by atoms with Gasteiger partial charge in [-0.25, -0.2) is 0 Å². The number of para-hydroxylation sites is 1. The van der Waals surface area contributed by atoms with Gasteiger partial charge in [-0.15, -0.1) is 0 Å². The van der Waals surface area contributed by atoms with Gasteiger partial charge in [0.05, 0.1) is 5.41 Å². The van der Waals surface area contributed by atoms with Gasteiger partial charge in [0.15, 0.2) is 0 Å². The highest BCUT2D eigenvalue weighted by atomic mass is 15.1. The summed E-state index contributed by atoms with van der Waals surface area (Å²) in [6.45, 7) is 4.70. The monoisotopic (exact) mass is 675 g/mol. The molecule has 0 heterocycles. The van der Waals surface area contributed by atoms with Crippen molar-refractivity contribution < 1.29 is 0 Å². The minimum absolute atomic E-state index is 0.0703. The van der Waals surface area contributed by atoms with Crippen molar-refractivity contribution in [2.45, 2.75) is 24.7 Å². The predicted octanol–water partition coefficient (Wildman–Crippen LogP) is 13.5. The fourth-order valence-electron chi connectivity index (χ4n) is 9.93. The Kier molecular flexibility index (Phi) is 6.29. The Morgan fingerprint density at radius 3 is 1.32 bits per heavy atom. The third-order valence-corrected chi connectivity index (χ3v) is 12.3. The summed E-state index contributed by atoms with van der Waals surface area (Å²) < 4.78 is 0. The minimum atomic E-state index is -0.347.